The van der Waals surface area contributed by atoms with E-state index in [9.17, 15) is 0 Å². The van der Waals surface area contributed by atoms with Crippen LogP contribution in [0.15, 0.2) is 54.1 Å². The minimum atomic E-state index is -2.09. The number of benzene rings is 1. The third kappa shape index (κ3) is 3.85. The predicted octanol–water partition coefficient (Wildman–Crippen LogP) is 6.22. The monoisotopic (exact) mass is 385 g/mol. The van der Waals surface area contributed by atoms with Crippen molar-refractivity contribution in [2.24, 2.45) is 10.8 Å². The lowest BCUT2D eigenvalue weighted by atomic mass is 9.79. The Morgan fingerprint density at radius 2 is 1.38 bits per heavy atom. The number of hydrogen-bond acceptors (Lipinski definition) is 1. The van der Waals surface area contributed by atoms with Crippen LogP contribution in [0, 0.1) is 10.8 Å². The van der Waals surface area contributed by atoms with Crippen molar-refractivity contribution in [3.8, 4) is 0 Å². The van der Waals surface area contributed by atoms with Crippen molar-refractivity contribution in [3.05, 3.63) is 54.1 Å². The average Bonchev–Trinajstić information content (AvgIpc) is 2.93. The fourth-order valence-corrected chi connectivity index (χ4v) is 15.6. The van der Waals surface area contributed by atoms with Gasteiger partial charge in [-0.15, -0.1) is 0 Å². The molecule has 0 saturated carbocycles. The van der Waals surface area contributed by atoms with Gasteiger partial charge >= 0.3 is 0 Å². The summed E-state index contributed by atoms with van der Waals surface area (Å²) in [6.07, 6.45) is 7.57. The van der Waals surface area contributed by atoms with Gasteiger partial charge in [0.1, 0.15) is 8.24 Å². The van der Waals surface area contributed by atoms with E-state index in [1.165, 1.54) is 10.8 Å². The van der Waals surface area contributed by atoms with E-state index in [0.717, 1.165) is 0 Å². The standard InChI is InChI=1S/C23H39NSi2/c1-21(2,3)19-16-17-23(18-19,22(4,5)6)26(10,24-25(7,8)9)20-14-12-11-13-15-20/h11-18,24H,1-10H3. The normalized spacial score (nSPS) is 23.7. The van der Waals surface area contributed by atoms with Crippen LogP contribution in [0.25, 0.3) is 0 Å². The molecule has 2 unspecified atom stereocenters. The molecular weight excluding hydrogens is 346 g/mol. The van der Waals surface area contributed by atoms with Gasteiger partial charge < -0.3 is 4.65 Å². The molecule has 2 rings (SSSR count). The van der Waals surface area contributed by atoms with Crippen molar-refractivity contribution in [1.82, 2.24) is 4.65 Å². The van der Waals surface area contributed by atoms with Crippen molar-refractivity contribution in [1.29, 1.82) is 0 Å². The molecule has 0 radical (unpaired) electrons. The molecule has 1 aliphatic carbocycles. The maximum atomic E-state index is 4.29. The zero-order valence-corrected chi connectivity index (χ0v) is 20.6. The molecule has 0 bridgehead atoms. The molecule has 1 aromatic rings. The first-order valence-corrected chi connectivity index (χ1v) is 15.9. The zero-order chi connectivity index (χ0) is 20.0. The van der Waals surface area contributed by atoms with E-state index >= 15 is 0 Å². The van der Waals surface area contributed by atoms with E-state index < -0.39 is 16.5 Å². The molecule has 0 spiro atoms. The summed E-state index contributed by atoms with van der Waals surface area (Å²) in [6.45, 7) is 24.1. The number of allylic oxidation sites excluding steroid dienone is 4. The third-order valence-electron chi connectivity index (χ3n) is 5.82. The first-order valence-electron chi connectivity index (χ1n) is 9.90. The Kier molecular flexibility index (Phi) is 5.44. The first kappa shape index (κ1) is 21.4. The van der Waals surface area contributed by atoms with Crippen LogP contribution in [0.2, 0.25) is 31.2 Å². The number of nitrogens with one attached hydrogen (secondary N) is 1. The van der Waals surface area contributed by atoms with Crippen LogP contribution in [-0.2, 0) is 0 Å². The van der Waals surface area contributed by atoms with Crippen molar-refractivity contribution in [3.63, 3.8) is 0 Å². The molecular formula is C23H39NSi2. The number of hydrogen-bond donors (Lipinski definition) is 1. The second kappa shape index (κ2) is 6.61. The van der Waals surface area contributed by atoms with Gasteiger partial charge in [-0.3, -0.25) is 0 Å². The summed E-state index contributed by atoms with van der Waals surface area (Å²) < 4.78 is 4.29. The Morgan fingerprint density at radius 1 is 0.846 bits per heavy atom. The largest absolute Gasteiger partial charge is 0.355 e. The molecule has 0 aliphatic heterocycles. The molecule has 0 heterocycles. The molecule has 0 saturated heterocycles. The minimum absolute atomic E-state index is 0.0459. The summed E-state index contributed by atoms with van der Waals surface area (Å²) in [7, 11) is -3.57. The Labute approximate surface area is 164 Å². The van der Waals surface area contributed by atoms with Crippen LogP contribution in [0.1, 0.15) is 41.5 Å². The Hall–Kier alpha value is -0.906. The van der Waals surface area contributed by atoms with E-state index in [1.807, 2.05) is 0 Å². The van der Waals surface area contributed by atoms with E-state index in [-0.39, 0.29) is 15.9 Å². The van der Waals surface area contributed by atoms with Gasteiger partial charge in [-0.1, -0.05) is 116 Å². The van der Waals surface area contributed by atoms with Gasteiger partial charge in [-0.05, 0) is 21.6 Å². The molecule has 1 aromatic carbocycles. The van der Waals surface area contributed by atoms with Crippen molar-refractivity contribution >= 4 is 21.7 Å². The van der Waals surface area contributed by atoms with Crippen molar-refractivity contribution in [2.75, 3.05) is 0 Å². The summed E-state index contributed by atoms with van der Waals surface area (Å²) in [5, 5.41) is 1.55. The molecule has 0 aromatic heterocycles. The summed E-state index contributed by atoms with van der Waals surface area (Å²) >= 11 is 0. The molecule has 2 atom stereocenters. The zero-order valence-electron chi connectivity index (χ0n) is 18.6. The Bertz CT molecular complexity index is 698. The Balaban J connectivity index is 2.79. The van der Waals surface area contributed by atoms with Crippen LogP contribution >= 0.6 is 0 Å². The Morgan fingerprint density at radius 3 is 1.77 bits per heavy atom. The van der Waals surface area contributed by atoms with Crippen LogP contribution in [0.5, 0.6) is 0 Å². The first-order chi connectivity index (χ1) is 11.6. The molecule has 1 nitrogen and oxygen atoms in total. The van der Waals surface area contributed by atoms with Crippen LogP contribution in [0.4, 0.5) is 0 Å². The maximum absolute atomic E-state index is 4.29. The average molecular weight is 386 g/mol. The van der Waals surface area contributed by atoms with Gasteiger partial charge in [0.05, 0.1) is 0 Å². The fourth-order valence-electron chi connectivity index (χ4n) is 4.49. The lowest BCUT2D eigenvalue weighted by molar-refractivity contribution is 0.347. The lowest BCUT2D eigenvalue weighted by Gasteiger charge is -2.54. The highest BCUT2D eigenvalue weighted by Crippen LogP contribution is 2.59. The topological polar surface area (TPSA) is 12.0 Å². The quantitative estimate of drug-likeness (QED) is 0.606. The van der Waals surface area contributed by atoms with E-state index in [1.54, 1.807) is 0 Å². The molecule has 1 N–H and O–H groups in total. The highest BCUT2D eigenvalue weighted by atomic mass is 28.4. The third-order valence-corrected chi connectivity index (χ3v) is 15.0. The molecule has 0 amide bonds. The predicted molar refractivity (Wildman–Crippen MR) is 123 cm³/mol. The van der Waals surface area contributed by atoms with E-state index in [2.05, 4.69) is 121 Å². The molecule has 26 heavy (non-hydrogen) atoms. The van der Waals surface area contributed by atoms with Gasteiger partial charge in [0.25, 0.3) is 0 Å². The lowest BCUT2D eigenvalue weighted by Crippen LogP contribution is -2.73. The molecule has 3 heteroatoms. The molecule has 1 aliphatic rings. The van der Waals surface area contributed by atoms with Crippen LogP contribution < -0.4 is 9.83 Å². The second-order valence-corrected chi connectivity index (χ2v) is 20.3. The summed E-state index contributed by atoms with van der Waals surface area (Å²) in [5.41, 5.74) is 1.79. The van der Waals surface area contributed by atoms with Gasteiger partial charge in [-0.2, -0.15) is 0 Å². The minimum Gasteiger partial charge on any atom is -0.355 e. The summed E-state index contributed by atoms with van der Waals surface area (Å²) in [6, 6.07) is 11.2. The fraction of sp³-hybridized carbons (Fsp3) is 0.565. The second-order valence-electron chi connectivity index (χ2n) is 11.2. The van der Waals surface area contributed by atoms with Crippen LogP contribution in [-0.4, -0.2) is 16.5 Å². The van der Waals surface area contributed by atoms with Gasteiger partial charge in [0, 0.05) is 5.04 Å². The SMILES string of the molecule is CC(C)(C)C1=CC(C(C)(C)C)([Si](C)(N[Si](C)(C)C)c2ccccc2)C=C1. The van der Waals surface area contributed by atoms with Crippen LogP contribution in [0.3, 0.4) is 0 Å². The molecule has 144 valence electrons. The summed E-state index contributed by atoms with van der Waals surface area (Å²) in [5.74, 6) is 0. The summed E-state index contributed by atoms with van der Waals surface area (Å²) in [4.78, 5) is 0. The molecule has 0 fully saturated rings. The van der Waals surface area contributed by atoms with E-state index in [0.29, 0.717) is 0 Å². The van der Waals surface area contributed by atoms with Gasteiger partial charge in [-0.25, -0.2) is 0 Å². The number of rotatable bonds is 4. The van der Waals surface area contributed by atoms with E-state index in [4.69, 9.17) is 0 Å². The van der Waals surface area contributed by atoms with Gasteiger partial charge in [0.15, 0.2) is 8.24 Å². The highest BCUT2D eigenvalue weighted by molar-refractivity contribution is 7.00. The highest BCUT2D eigenvalue weighted by Gasteiger charge is 2.57. The van der Waals surface area contributed by atoms with Crippen molar-refractivity contribution < 1.29 is 0 Å². The van der Waals surface area contributed by atoms with Gasteiger partial charge in [0.2, 0.25) is 0 Å². The van der Waals surface area contributed by atoms with Crippen molar-refractivity contribution in [2.45, 2.75) is 72.8 Å². The maximum Gasteiger partial charge on any atom is 0.162 e. The smallest absolute Gasteiger partial charge is 0.162 e.